The number of imidazole rings is 1. The van der Waals surface area contributed by atoms with E-state index in [1.807, 2.05) is 6.92 Å². The Morgan fingerprint density at radius 3 is 3.00 bits per heavy atom. The van der Waals surface area contributed by atoms with Crippen molar-refractivity contribution in [3.8, 4) is 0 Å². The van der Waals surface area contributed by atoms with Gasteiger partial charge in [-0.05, 0) is 22.0 Å². The van der Waals surface area contributed by atoms with Crippen molar-refractivity contribution in [2.75, 3.05) is 5.73 Å². The lowest BCUT2D eigenvalue weighted by Gasteiger charge is -1.97. The Morgan fingerprint density at radius 1 is 1.67 bits per heavy atom. The molecule has 6 nitrogen and oxygen atoms in total. The van der Waals surface area contributed by atoms with Crippen LogP contribution in [0, 0.1) is 10.1 Å². The molecule has 0 aliphatic carbocycles. The van der Waals surface area contributed by atoms with E-state index < -0.39 is 4.92 Å². The molecule has 78 valence electrons. The highest BCUT2D eigenvalue weighted by molar-refractivity contribution is 5.78. The maximum Gasteiger partial charge on any atom is 0.391 e. The van der Waals surface area contributed by atoms with Gasteiger partial charge in [0.2, 0.25) is 5.82 Å². The Kier molecular flexibility index (Phi) is 2.03. The molecule has 2 rings (SSSR count). The molecule has 15 heavy (non-hydrogen) atoms. The van der Waals surface area contributed by atoms with Crippen LogP contribution >= 0.6 is 0 Å². The van der Waals surface area contributed by atoms with Gasteiger partial charge in [-0.3, -0.25) is 4.40 Å². The van der Waals surface area contributed by atoms with Gasteiger partial charge < -0.3 is 15.8 Å². The van der Waals surface area contributed by atoms with Crippen LogP contribution < -0.4 is 5.73 Å². The average molecular weight is 206 g/mol. The van der Waals surface area contributed by atoms with Crippen LogP contribution in [0.2, 0.25) is 0 Å². The first-order valence-corrected chi connectivity index (χ1v) is 4.55. The average Bonchev–Trinajstić information content (AvgIpc) is 2.58. The molecule has 0 amide bonds. The van der Waals surface area contributed by atoms with Crippen LogP contribution in [0.25, 0.3) is 5.52 Å². The molecule has 2 aromatic rings. The van der Waals surface area contributed by atoms with E-state index >= 15 is 0 Å². The van der Waals surface area contributed by atoms with Crippen LogP contribution in [0.4, 0.5) is 11.5 Å². The van der Waals surface area contributed by atoms with Crippen LogP contribution in [0.3, 0.4) is 0 Å². The van der Waals surface area contributed by atoms with E-state index in [-0.39, 0.29) is 5.82 Å². The summed E-state index contributed by atoms with van der Waals surface area (Å²) in [6, 6.07) is 3.37. The lowest BCUT2D eigenvalue weighted by atomic mass is 10.3. The molecule has 0 atom stereocenters. The number of nitro groups is 1. The van der Waals surface area contributed by atoms with Gasteiger partial charge in [0.25, 0.3) is 0 Å². The summed E-state index contributed by atoms with van der Waals surface area (Å²) in [5.74, 6) is 0.467. The van der Waals surface area contributed by atoms with E-state index in [2.05, 4.69) is 4.98 Å². The minimum atomic E-state index is -0.509. The number of nitrogens with zero attached hydrogens (tertiary/aromatic N) is 3. The Hall–Kier alpha value is -2.11. The molecule has 0 aliphatic rings. The number of nitrogens with two attached hydrogens (primary N) is 1. The lowest BCUT2D eigenvalue weighted by Crippen LogP contribution is -1.95. The lowest BCUT2D eigenvalue weighted by molar-refractivity contribution is -0.387. The number of rotatable bonds is 2. The van der Waals surface area contributed by atoms with E-state index in [4.69, 9.17) is 5.73 Å². The maximum atomic E-state index is 10.8. The topological polar surface area (TPSA) is 86.5 Å². The smallest absolute Gasteiger partial charge is 0.391 e. The summed E-state index contributed by atoms with van der Waals surface area (Å²) in [6.45, 7) is 1.89. The zero-order valence-corrected chi connectivity index (χ0v) is 8.17. The monoisotopic (exact) mass is 206 g/mol. The molecule has 0 unspecified atom stereocenters. The normalized spacial score (nSPS) is 10.7. The third kappa shape index (κ3) is 1.30. The van der Waals surface area contributed by atoms with E-state index in [0.29, 0.717) is 23.4 Å². The van der Waals surface area contributed by atoms with Crippen molar-refractivity contribution < 1.29 is 4.92 Å². The van der Waals surface area contributed by atoms with Gasteiger partial charge in [-0.25, -0.2) is 0 Å². The molecule has 0 radical (unpaired) electrons. The van der Waals surface area contributed by atoms with Crippen LogP contribution in [0.1, 0.15) is 12.7 Å². The fourth-order valence-corrected chi connectivity index (χ4v) is 1.58. The highest BCUT2D eigenvalue weighted by atomic mass is 16.6. The largest absolute Gasteiger partial charge is 0.397 e. The fourth-order valence-electron chi connectivity index (χ4n) is 1.58. The molecule has 6 heteroatoms. The summed E-state index contributed by atoms with van der Waals surface area (Å²) in [5.41, 5.74) is 6.44. The predicted molar refractivity (Wildman–Crippen MR) is 55.6 cm³/mol. The molecule has 2 heterocycles. The van der Waals surface area contributed by atoms with Crippen molar-refractivity contribution in [1.82, 2.24) is 9.38 Å². The Bertz CT molecular complexity index is 532. The number of hydrogen-bond donors (Lipinski definition) is 1. The van der Waals surface area contributed by atoms with Gasteiger partial charge in [-0.1, -0.05) is 6.92 Å². The number of aromatic nitrogens is 2. The number of anilines is 1. The molecule has 0 aromatic carbocycles. The van der Waals surface area contributed by atoms with Gasteiger partial charge in [0.15, 0.2) is 5.52 Å². The van der Waals surface area contributed by atoms with E-state index in [0.717, 1.165) is 0 Å². The molecule has 0 fully saturated rings. The first kappa shape index (κ1) is 9.45. The van der Waals surface area contributed by atoms with Crippen molar-refractivity contribution in [3.63, 3.8) is 0 Å². The van der Waals surface area contributed by atoms with Crippen LogP contribution in [-0.4, -0.2) is 14.3 Å². The van der Waals surface area contributed by atoms with Gasteiger partial charge in [0, 0.05) is 12.6 Å². The zero-order chi connectivity index (χ0) is 11.0. The Morgan fingerprint density at radius 2 is 2.40 bits per heavy atom. The summed E-state index contributed by atoms with van der Waals surface area (Å²) < 4.78 is 1.66. The summed E-state index contributed by atoms with van der Waals surface area (Å²) in [4.78, 5) is 14.2. The summed E-state index contributed by atoms with van der Waals surface area (Å²) >= 11 is 0. The second-order valence-electron chi connectivity index (χ2n) is 3.14. The molecular formula is C9H10N4O2. The van der Waals surface area contributed by atoms with Gasteiger partial charge in [0.05, 0.1) is 5.69 Å². The number of pyridine rings is 1. The highest BCUT2D eigenvalue weighted by Crippen LogP contribution is 2.25. The molecule has 0 saturated heterocycles. The quantitative estimate of drug-likeness (QED) is 0.594. The highest BCUT2D eigenvalue weighted by Gasteiger charge is 2.22. The van der Waals surface area contributed by atoms with Crippen LogP contribution in [-0.2, 0) is 6.42 Å². The van der Waals surface area contributed by atoms with Crippen molar-refractivity contribution in [2.24, 2.45) is 0 Å². The van der Waals surface area contributed by atoms with Gasteiger partial charge in [0.1, 0.15) is 0 Å². The number of aryl methyl sites for hydroxylation is 1. The van der Waals surface area contributed by atoms with Crippen LogP contribution in [0.5, 0.6) is 0 Å². The predicted octanol–water partition coefficient (Wildman–Crippen LogP) is 1.39. The van der Waals surface area contributed by atoms with Gasteiger partial charge in [-0.15, -0.1) is 0 Å². The first-order valence-electron chi connectivity index (χ1n) is 4.55. The third-order valence-electron chi connectivity index (χ3n) is 2.24. The van der Waals surface area contributed by atoms with E-state index in [1.165, 1.54) is 0 Å². The van der Waals surface area contributed by atoms with Crippen molar-refractivity contribution in [2.45, 2.75) is 13.3 Å². The van der Waals surface area contributed by atoms with Crippen molar-refractivity contribution in [3.05, 3.63) is 34.3 Å². The van der Waals surface area contributed by atoms with Gasteiger partial charge in [-0.2, -0.15) is 0 Å². The standard InChI is InChI=1S/C9H10N4O2/c1-2-7-11-9(13(14)15)8-6(10)4-3-5-12(7)8/h3-5H,2,10H2,1H3. The van der Waals surface area contributed by atoms with Gasteiger partial charge >= 0.3 is 5.82 Å². The molecule has 2 aromatic heterocycles. The summed E-state index contributed by atoms with van der Waals surface area (Å²) in [6.07, 6.45) is 2.35. The second-order valence-corrected chi connectivity index (χ2v) is 3.14. The minimum Gasteiger partial charge on any atom is -0.397 e. The summed E-state index contributed by atoms with van der Waals surface area (Å²) in [7, 11) is 0. The molecular weight excluding hydrogens is 196 g/mol. The molecule has 2 N–H and O–H groups in total. The van der Waals surface area contributed by atoms with Crippen molar-refractivity contribution in [1.29, 1.82) is 0 Å². The zero-order valence-electron chi connectivity index (χ0n) is 8.17. The number of hydrogen-bond acceptors (Lipinski definition) is 4. The molecule has 0 saturated carbocycles. The maximum absolute atomic E-state index is 10.8. The fraction of sp³-hybridized carbons (Fsp3) is 0.222. The Labute approximate surface area is 85.5 Å². The second kappa shape index (κ2) is 3.23. The van der Waals surface area contributed by atoms with Crippen molar-refractivity contribution >= 4 is 17.0 Å². The molecule has 0 spiro atoms. The Balaban J connectivity index is 2.88. The third-order valence-corrected chi connectivity index (χ3v) is 2.24. The first-order chi connectivity index (χ1) is 7.15. The summed E-state index contributed by atoms with van der Waals surface area (Å²) in [5, 5.41) is 10.8. The van der Waals surface area contributed by atoms with E-state index in [1.54, 1.807) is 22.7 Å². The van der Waals surface area contributed by atoms with E-state index in [9.17, 15) is 10.1 Å². The number of fused-ring (bicyclic) bond motifs is 1. The van der Waals surface area contributed by atoms with Crippen LogP contribution in [0.15, 0.2) is 18.3 Å². The SMILES string of the molecule is CCc1nc([N+](=O)[O-])c2c(N)cccn12. The number of nitrogen functional groups attached to an aromatic ring is 1. The minimum absolute atomic E-state index is 0.176. The molecule has 0 aliphatic heterocycles. The molecule has 0 bridgehead atoms.